The standard InChI is InChI=1S/C29H31F3N6O4/c1-16-19(9-10-42-16)26(40)38-25(35-13-18-7-5-17(11-33)6-8-18)20(12-34)24(36-38)23-21(29(30,31)32)14-37(15-22(23)39)27(41)28(2,3)4/h5-10,21,23,35H,11,13-15,33H2,1-4H3. The number of Topliss-reactive ketones (excluding diaryl/α,β-unsaturated/α-hetero) is 1. The monoisotopic (exact) mass is 584 g/mol. The Labute approximate surface area is 240 Å². The highest BCUT2D eigenvalue weighted by atomic mass is 19.4. The molecule has 2 unspecified atom stereocenters. The molecule has 1 aliphatic rings. The lowest BCUT2D eigenvalue weighted by atomic mass is 9.79. The maximum Gasteiger partial charge on any atom is 0.394 e. The molecular formula is C29H31F3N6O4. The van der Waals surface area contributed by atoms with Crippen LogP contribution in [0.2, 0.25) is 0 Å². The summed E-state index contributed by atoms with van der Waals surface area (Å²) in [5.74, 6) is -6.49. The Morgan fingerprint density at radius 3 is 2.33 bits per heavy atom. The first-order valence-corrected chi connectivity index (χ1v) is 13.2. The summed E-state index contributed by atoms with van der Waals surface area (Å²) in [5, 5.41) is 17.3. The summed E-state index contributed by atoms with van der Waals surface area (Å²) >= 11 is 0. The maximum absolute atomic E-state index is 14.5. The predicted molar refractivity (Wildman–Crippen MR) is 145 cm³/mol. The van der Waals surface area contributed by atoms with E-state index < -0.39 is 59.8 Å². The number of carbonyl (C=O) groups excluding carboxylic acids is 3. The van der Waals surface area contributed by atoms with Crippen LogP contribution >= 0.6 is 0 Å². The molecule has 0 aliphatic carbocycles. The zero-order valence-electron chi connectivity index (χ0n) is 23.6. The van der Waals surface area contributed by atoms with Crippen molar-refractivity contribution in [3.63, 3.8) is 0 Å². The first kappa shape index (κ1) is 30.5. The van der Waals surface area contributed by atoms with Crippen molar-refractivity contribution in [2.24, 2.45) is 17.1 Å². The lowest BCUT2D eigenvalue weighted by molar-refractivity contribution is -0.196. The zero-order valence-corrected chi connectivity index (χ0v) is 23.6. The van der Waals surface area contributed by atoms with E-state index in [9.17, 15) is 32.8 Å². The first-order valence-electron chi connectivity index (χ1n) is 13.2. The van der Waals surface area contributed by atoms with E-state index in [1.54, 1.807) is 45.0 Å². The van der Waals surface area contributed by atoms with Crippen LogP contribution < -0.4 is 11.1 Å². The summed E-state index contributed by atoms with van der Waals surface area (Å²) in [6, 6.07) is 10.4. The van der Waals surface area contributed by atoms with Crippen LogP contribution in [0.25, 0.3) is 0 Å². The molecule has 10 nitrogen and oxygen atoms in total. The molecule has 0 radical (unpaired) electrons. The third kappa shape index (κ3) is 5.94. The molecular weight excluding hydrogens is 553 g/mol. The number of halogens is 3. The number of nitrogens with two attached hydrogens (primary N) is 1. The Kier molecular flexibility index (Phi) is 8.31. The molecule has 3 N–H and O–H groups in total. The summed E-state index contributed by atoms with van der Waals surface area (Å²) in [6.45, 7) is 5.21. The molecule has 2 aromatic heterocycles. The minimum atomic E-state index is -4.92. The van der Waals surface area contributed by atoms with Gasteiger partial charge in [-0.2, -0.15) is 28.2 Å². The third-order valence-corrected chi connectivity index (χ3v) is 7.18. The first-order chi connectivity index (χ1) is 19.7. The number of carbonyl (C=O) groups is 3. The van der Waals surface area contributed by atoms with E-state index in [0.717, 1.165) is 20.7 Å². The number of hydrogen-bond donors (Lipinski definition) is 2. The van der Waals surface area contributed by atoms with Gasteiger partial charge in [-0.15, -0.1) is 0 Å². The zero-order chi connectivity index (χ0) is 31.0. The number of hydrogen-bond acceptors (Lipinski definition) is 8. The summed E-state index contributed by atoms with van der Waals surface area (Å²) in [6.07, 6.45) is -3.65. The number of rotatable bonds is 6. The van der Waals surface area contributed by atoms with Crippen LogP contribution in [0.3, 0.4) is 0 Å². The molecule has 0 spiro atoms. The fourth-order valence-corrected chi connectivity index (χ4v) is 4.96. The number of likely N-dealkylation sites (tertiary alicyclic amines) is 1. The Balaban J connectivity index is 1.82. The second-order valence-corrected chi connectivity index (χ2v) is 11.2. The molecule has 1 aromatic carbocycles. The van der Waals surface area contributed by atoms with Gasteiger partial charge in [-0.1, -0.05) is 45.0 Å². The number of furan rings is 1. The molecule has 13 heteroatoms. The molecule has 1 fully saturated rings. The molecule has 0 saturated carbocycles. The van der Waals surface area contributed by atoms with Crippen molar-refractivity contribution in [3.05, 3.63) is 70.3 Å². The van der Waals surface area contributed by atoms with Gasteiger partial charge in [0.15, 0.2) is 11.6 Å². The molecule has 222 valence electrons. The van der Waals surface area contributed by atoms with Crippen LogP contribution in [0.1, 0.15) is 65.2 Å². The van der Waals surface area contributed by atoms with Gasteiger partial charge < -0.3 is 20.4 Å². The van der Waals surface area contributed by atoms with Gasteiger partial charge in [0.25, 0.3) is 5.91 Å². The smallest absolute Gasteiger partial charge is 0.394 e. The van der Waals surface area contributed by atoms with Crippen molar-refractivity contribution in [2.45, 2.75) is 52.9 Å². The van der Waals surface area contributed by atoms with Gasteiger partial charge in [0.1, 0.15) is 17.4 Å². The van der Waals surface area contributed by atoms with E-state index in [2.05, 4.69) is 10.4 Å². The SMILES string of the molecule is Cc1occc1C(=O)n1nc(C2C(=O)CN(C(=O)C(C)(C)C)CC2C(F)(F)F)c(C#N)c1NCc1ccc(CN)cc1. The number of ketones is 1. The molecule has 0 bridgehead atoms. The largest absolute Gasteiger partial charge is 0.469 e. The Morgan fingerprint density at radius 2 is 1.81 bits per heavy atom. The number of aryl methyl sites for hydroxylation is 1. The van der Waals surface area contributed by atoms with Gasteiger partial charge in [0, 0.05) is 25.0 Å². The molecule has 42 heavy (non-hydrogen) atoms. The lowest BCUT2D eigenvalue weighted by Gasteiger charge is -2.40. The number of nitriles is 1. The fourth-order valence-electron chi connectivity index (χ4n) is 4.96. The number of nitrogens with one attached hydrogen (secondary N) is 1. The highest BCUT2D eigenvalue weighted by Gasteiger charge is 2.54. The number of piperidine rings is 1. The van der Waals surface area contributed by atoms with E-state index >= 15 is 0 Å². The minimum absolute atomic E-state index is 0.0770. The van der Waals surface area contributed by atoms with E-state index in [1.165, 1.54) is 19.3 Å². The topological polar surface area (TPSA) is 147 Å². The van der Waals surface area contributed by atoms with Crippen LogP contribution in [-0.2, 0) is 22.7 Å². The van der Waals surface area contributed by atoms with Gasteiger partial charge in [-0.05, 0) is 24.1 Å². The Morgan fingerprint density at radius 1 is 1.17 bits per heavy atom. The van der Waals surface area contributed by atoms with E-state index in [0.29, 0.717) is 6.54 Å². The maximum atomic E-state index is 14.5. The molecule has 1 amide bonds. The summed E-state index contributed by atoms with van der Waals surface area (Å²) in [4.78, 5) is 40.7. The highest BCUT2D eigenvalue weighted by molar-refractivity contribution is 5.99. The van der Waals surface area contributed by atoms with Crippen molar-refractivity contribution >= 4 is 23.4 Å². The second kappa shape index (κ2) is 11.4. The molecule has 1 saturated heterocycles. The molecule has 4 rings (SSSR count). The van der Waals surface area contributed by atoms with Gasteiger partial charge in [0.2, 0.25) is 5.91 Å². The Bertz CT molecular complexity index is 1540. The van der Waals surface area contributed by atoms with E-state index in [1.807, 2.05) is 6.07 Å². The van der Waals surface area contributed by atoms with Gasteiger partial charge in [-0.25, -0.2) is 0 Å². The van der Waals surface area contributed by atoms with Crippen LogP contribution in [-0.4, -0.2) is 51.5 Å². The lowest BCUT2D eigenvalue weighted by Crippen LogP contribution is -2.55. The van der Waals surface area contributed by atoms with Gasteiger partial charge >= 0.3 is 6.18 Å². The summed E-state index contributed by atoms with van der Waals surface area (Å²) in [7, 11) is 0. The van der Waals surface area contributed by atoms with E-state index in [-0.39, 0.29) is 29.2 Å². The number of nitrogens with zero attached hydrogens (tertiary/aromatic N) is 4. The predicted octanol–water partition coefficient (Wildman–Crippen LogP) is 4.14. The molecule has 2 atom stereocenters. The average Bonchev–Trinajstić information content (AvgIpc) is 3.52. The Hall–Kier alpha value is -4.44. The third-order valence-electron chi connectivity index (χ3n) is 7.18. The number of amides is 1. The van der Waals surface area contributed by atoms with Crippen LogP contribution in [0, 0.1) is 29.6 Å². The number of alkyl halides is 3. The fraction of sp³-hybridized carbons (Fsp3) is 0.414. The van der Waals surface area contributed by atoms with Crippen molar-refractivity contribution in [1.82, 2.24) is 14.7 Å². The van der Waals surface area contributed by atoms with Crippen molar-refractivity contribution in [2.75, 3.05) is 18.4 Å². The molecule has 3 heterocycles. The van der Waals surface area contributed by atoms with Crippen LogP contribution in [0.5, 0.6) is 0 Å². The highest BCUT2D eigenvalue weighted by Crippen LogP contribution is 2.43. The van der Waals surface area contributed by atoms with Crippen molar-refractivity contribution < 1.29 is 32.0 Å². The second-order valence-electron chi connectivity index (χ2n) is 11.2. The quantitative estimate of drug-likeness (QED) is 0.440. The van der Waals surface area contributed by atoms with Crippen LogP contribution in [0.15, 0.2) is 41.0 Å². The summed E-state index contributed by atoms with van der Waals surface area (Å²) < 4.78 is 49.5. The number of benzene rings is 1. The van der Waals surface area contributed by atoms with Crippen molar-refractivity contribution in [3.8, 4) is 6.07 Å². The number of aromatic nitrogens is 2. The summed E-state index contributed by atoms with van der Waals surface area (Å²) in [5.41, 5.74) is 5.47. The molecule has 1 aliphatic heterocycles. The van der Waals surface area contributed by atoms with Crippen LogP contribution in [0.4, 0.5) is 19.0 Å². The van der Waals surface area contributed by atoms with E-state index in [4.69, 9.17) is 10.2 Å². The normalized spacial score (nSPS) is 17.7. The minimum Gasteiger partial charge on any atom is -0.469 e. The number of anilines is 1. The average molecular weight is 585 g/mol. The van der Waals surface area contributed by atoms with Gasteiger partial charge in [-0.3, -0.25) is 14.4 Å². The van der Waals surface area contributed by atoms with Gasteiger partial charge in [0.05, 0.1) is 35.9 Å². The molecule has 3 aromatic rings. The van der Waals surface area contributed by atoms with Crippen molar-refractivity contribution in [1.29, 1.82) is 5.26 Å².